The molecule has 2 aromatic rings. The van der Waals surface area contributed by atoms with Gasteiger partial charge in [0.05, 0.1) is 11.0 Å². The molecule has 22 heavy (non-hydrogen) atoms. The molecule has 0 aliphatic carbocycles. The Bertz CT molecular complexity index is 718. The molecule has 0 N–H and O–H groups in total. The predicted octanol–water partition coefficient (Wildman–Crippen LogP) is 2.87. The fourth-order valence-corrected chi connectivity index (χ4v) is 2.58. The second kappa shape index (κ2) is 5.59. The molecule has 0 saturated heterocycles. The number of para-hydroxylation sites is 1. The highest BCUT2D eigenvalue weighted by Crippen LogP contribution is 2.40. The Hall–Kier alpha value is -2.70. The lowest BCUT2D eigenvalue weighted by molar-refractivity contribution is -0.385. The van der Waals surface area contributed by atoms with Crippen LogP contribution in [0.25, 0.3) is 0 Å². The van der Waals surface area contributed by atoms with Gasteiger partial charge in [-0.05, 0) is 31.9 Å². The lowest BCUT2D eigenvalue weighted by Gasteiger charge is -2.19. The van der Waals surface area contributed by atoms with Crippen molar-refractivity contribution in [3.05, 3.63) is 46.3 Å². The van der Waals surface area contributed by atoms with Crippen LogP contribution in [-0.4, -0.2) is 27.5 Å². The summed E-state index contributed by atoms with van der Waals surface area (Å²) in [4.78, 5) is 21.0. The second-order valence-corrected chi connectivity index (χ2v) is 5.31. The molecule has 2 heterocycles. The molecule has 0 saturated carbocycles. The average molecular weight is 300 g/mol. The minimum atomic E-state index is -0.478. The van der Waals surface area contributed by atoms with E-state index in [9.17, 15) is 10.1 Å². The first-order chi connectivity index (χ1) is 10.6. The van der Waals surface area contributed by atoms with Gasteiger partial charge in [0.1, 0.15) is 6.33 Å². The summed E-state index contributed by atoms with van der Waals surface area (Å²) in [6.07, 6.45) is 1.94. The molecule has 0 radical (unpaired) electrons. The van der Waals surface area contributed by atoms with Crippen LogP contribution in [0.3, 0.4) is 0 Å². The first-order valence-corrected chi connectivity index (χ1v) is 7.09. The van der Waals surface area contributed by atoms with Gasteiger partial charge in [-0.3, -0.25) is 10.1 Å². The van der Waals surface area contributed by atoms with E-state index in [4.69, 9.17) is 4.74 Å². The average Bonchev–Trinajstić information content (AvgIpc) is 2.90. The first kappa shape index (κ1) is 14.2. The summed E-state index contributed by atoms with van der Waals surface area (Å²) in [6, 6.07) is 7.84. The fourth-order valence-electron chi connectivity index (χ4n) is 2.58. The standard InChI is InChI=1S/C15H16N4O3/c1-10(2)22-15-13(19(20)21)14(16-9-17-15)18-8-7-11-5-3-4-6-12(11)18/h3-6,9-10H,7-8H2,1-2H3. The van der Waals surface area contributed by atoms with Gasteiger partial charge in [-0.2, -0.15) is 4.98 Å². The van der Waals surface area contributed by atoms with Gasteiger partial charge in [-0.25, -0.2) is 4.98 Å². The van der Waals surface area contributed by atoms with Gasteiger partial charge in [0.15, 0.2) is 0 Å². The number of nitrogens with zero attached hydrogens (tertiary/aromatic N) is 4. The van der Waals surface area contributed by atoms with Gasteiger partial charge < -0.3 is 9.64 Å². The van der Waals surface area contributed by atoms with Crippen LogP contribution < -0.4 is 9.64 Å². The van der Waals surface area contributed by atoms with Crippen molar-refractivity contribution in [2.24, 2.45) is 0 Å². The number of benzene rings is 1. The highest BCUT2D eigenvalue weighted by Gasteiger charge is 2.32. The Morgan fingerprint density at radius 2 is 2.09 bits per heavy atom. The van der Waals surface area contributed by atoms with Gasteiger partial charge in [0.2, 0.25) is 5.82 Å². The SMILES string of the molecule is CC(C)Oc1ncnc(N2CCc3ccccc32)c1[N+](=O)[O-]. The fraction of sp³-hybridized carbons (Fsp3) is 0.333. The van der Waals surface area contributed by atoms with Crippen molar-refractivity contribution in [1.29, 1.82) is 0 Å². The van der Waals surface area contributed by atoms with Crippen molar-refractivity contribution >= 4 is 17.2 Å². The summed E-state index contributed by atoms with van der Waals surface area (Å²) in [7, 11) is 0. The zero-order valence-corrected chi connectivity index (χ0v) is 12.4. The van der Waals surface area contributed by atoms with Crippen LogP contribution in [0.4, 0.5) is 17.2 Å². The van der Waals surface area contributed by atoms with E-state index in [1.807, 2.05) is 29.2 Å². The third kappa shape index (κ3) is 2.45. The first-order valence-electron chi connectivity index (χ1n) is 7.09. The van der Waals surface area contributed by atoms with Gasteiger partial charge >= 0.3 is 5.69 Å². The van der Waals surface area contributed by atoms with Crippen LogP contribution >= 0.6 is 0 Å². The number of nitro groups is 1. The zero-order valence-electron chi connectivity index (χ0n) is 12.4. The second-order valence-electron chi connectivity index (χ2n) is 5.31. The summed E-state index contributed by atoms with van der Waals surface area (Å²) >= 11 is 0. The quantitative estimate of drug-likeness (QED) is 0.638. The van der Waals surface area contributed by atoms with Gasteiger partial charge in [0, 0.05) is 12.2 Å². The van der Waals surface area contributed by atoms with E-state index in [1.165, 1.54) is 6.33 Å². The molecule has 0 atom stereocenters. The maximum atomic E-state index is 11.5. The van der Waals surface area contributed by atoms with Gasteiger partial charge in [0.25, 0.3) is 5.88 Å². The maximum Gasteiger partial charge on any atom is 0.373 e. The molecule has 0 unspecified atom stereocenters. The number of fused-ring (bicyclic) bond motifs is 1. The molecule has 7 heteroatoms. The molecule has 0 fully saturated rings. The summed E-state index contributed by atoms with van der Waals surface area (Å²) in [5, 5.41) is 11.5. The highest BCUT2D eigenvalue weighted by molar-refractivity contribution is 5.74. The molecule has 1 aromatic heterocycles. The zero-order chi connectivity index (χ0) is 15.7. The number of anilines is 2. The van der Waals surface area contributed by atoms with Crippen LogP contribution in [0.2, 0.25) is 0 Å². The van der Waals surface area contributed by atoms with Crippen LogP contribution in [-0.2, 0) is 6.42 Å². The number of ether oxygens (including phenoxy) is 1. The van der Waals surface area contributed by atoms with Crippen LogP contribution in [0.5, 0.6) is 5.88 Å². The van der Waals surface area contributed by atoms with E-state index < -0.39 is 4.92 Å². The van der Waals surface area contributed by atoms with Gasteiger partial charge in [-0.1, -0.05) is 18.2 Å². The predicted molar refractivity (Wildman–Crippen MR) is 81.6 cm³/mol. The molecule has 0 amide bonds. The van der Waals surface area contributed by atoms with Crippen molar-refractivity contribution in [1.82, 2.24) is 9.97 Å². The minimum Gasteiger partial charge on any atom is -0.470 e. The topological polar surface area (TPSA) is 81.4 Å². The van der Waals surface area contributed by atoms with Crippen LogP contribution in [0.15, 0.2) is 30.6 Å². The van der Waals surface area contributed by atoms with Crippen molar-refractivity contribution in [2.75, 3.05) is 11.4 Å². The molecule has 114 valence electrons. The van der Waals surface area contributed by atoms with Crippen molar-refractivity contribution in [3.8, 4) is 5.88 Å². The van der Waals surface area contributed by atoms with Crippen LogP contribution in [0.1, 0.15) is 19.4 Å². The molecule has 1 aliphatic heterocycles. The number of hydrogen-bond donors (Lipinski definition) is 0. The summed E-state index contributed by atoms with van der Waals surface area (Å²) < 4.78 is 5.48. The molecular formula is C15H16N4O3. The van der Waals surface area contributed by atoms with Crippen molar-refractivity contribution in [2.45, 2.75) is 26.4 Å². The van der Waals surface area contributed by atoms with E-state index >= 15 is 0 Å². The largest absolute Gasteiger partial charge is 0.470 e. The Morgan fingerprint density at radius 1 is 1.32 bits per heavy atom. The maximum absolute atomic E-state index is 11.5. The Morgan fingerprint density at radius 3 is 2.82 bits per heavy atom. The molecule has 1 aliphatic rings. The number of aromatic nitrogens is 2. The molecular weight excluding hydrogens is 284 g/mol. The monoisotopic (exact) mass is 300 g/mol. The van der Waals surface area contributed by atoms with E-state index in [2.05, 4.69) is 9.97 Å². The van der Waals surface area contributed by atoms with Crippen molar-refractivity contribution in [3.63, 3.8) is 0 Å². The van der Waals surface area contributed by atoms with E-state index in [0.717, 1.165) is 17.7 Å². The van der Waals surface area contributed by atoms with Gasteiger partial charge in [-0.15, -0.1) is 0 Å². The smallest absolute Gasteiger partial charge is 0.373 e. The lowest BCUT2D eigenvalue weighted by Crippen LogP contribution is -2.18. The summed E-state index contributed by atoms with van der Waals surface area (Å²) in [6.45, 7) is 4.26. The minimum absolute atomic E-state index is 0.00869. The molecule has 3 rings (SSSR count). The van der Waals surface area contributed by atoms with Crippen LogP contribution in [0, 0.1) is 10.1 Å². The van der Waals surface area contributed by atoms with E-state index in [0.29, 0.717) is 6.54 Å². The Balaban J connectivity index is 2.10. The normalized spacial score (nSPS) is 13.3. The number of hydrogen-bond acceptors (Lipinski definition) is 6. The number of rotatable bonds is 4. The van der Waals surface area contributed by atoms with Crippen molar-refractivity contribution < 1.29 is 9.66 Å². The third-order valence-corrected chi connectivity index (χ3v) is 3.44. The molecule has 1 aromatic carbocycles. The van der Waals surface area contributed by atoms with E-state index in [1.54, 1.807) is 13.8 Å². The molecule has 0 spiro atoms. The molecule has 7 nitrogen and oxygen atoms in total. The summed E-state index contributed by atoms with van der Waals surface area (Å²) in [5.74, 6) is 0.287. The molecule has 0 bridgehead atoms. The highest BCUT2D eigenvalue weighted by atomic mass is 16.6. The Kier molecular flexibility index (Phi) is 3.62. The van der Waals surface area contributed by atoms with E-state index in [-0.39, 0.29) is 23.5 Å². The lowest BCUT2D eigenvalue weighted by atomic mass is 10.2. The summed E-state index contributed by atoms with van der Waals surface area (Å²) in [5.41, 5.74) is 1.91. The third-order valence-electron chi connectivity index (χ3n) is 3.44. The Labute approximate surface area is 127 Å².